The Balaban J connectivity index is 1.51. The second-order valence-electron chi connectivity index (χ2n) is 6.36. The highest BCUT2D eigenvalue weighted by atomic mass is 35.5. The fourth-order valence-corrected chi connectivity index (χ4v) is 4.69. The molecule has 160 valence electrons. The molecule has 0 aliphatic rings. The molecule has 0 fully saturated rings. The Labute approximate surface area is 185 Å². The van der Waals surface area contributed by atoms with Crippen LogP contribution in [0.25, 0.3) is 0 Å². The number of sulfonamides is 1. The van der Waals surface area contributed by atoms with Gasteiger partial charge in [-0.3, -0.25) is 9.40 Å². The first-order valence-corrected chi connectivity index (χ1v) is 11.5. The predicted molar refractivity (Wildman–Crippen MR) is 115 cm³/mol. The van der Waals surface area contributed by atoms with E-state index >= 15 is 0 Å². The lowest BCUT2D eigenvalue weighted by molar-refractivity contribution is 0.557. The van der Waals surface area contributed by atoms with Crippen LogP contribution in [0.15, 0.2) is 65.1 Å². The SMILES string of the molecule is O=S(=O)(Nc1nccs1)c1cc(F)c(Nc2ccn(Cc3ccc(Cl)cc3)n2)cc1F. The highest BCUT2D eigenvalue weighted by Crippen LogP contribution is 2.27. The summed E-state index contributed by atoms with van der Waals surface area (Å²) in [5, 5.41) is 9.14. The van der Waals surface area contributed by atoms with Gasteiger partial charge in [0.05, 0.1) is 12.2 Å². The monoisotopic (exact) mass is 481 g/mol. The molecular formula is C19H14ClF2N5O2S2. The van der Waals surface area contributed by atoms with Crippen molar-refractivity contribution in [2.75, 3.05) is 10.0 Å². The largest absolute Gasteiger partial charge is 0.336 e. The molecule has 7 nitrogen and oxygen atoms in total. The highest BCUT2D eigenvalue weighted by Gasteiger charge is 2.23. The van der Waals surface area contributed by atoms with Crippen LogP contribution in [-0.2, 0) is 16.6 Å². The predicted octanol–water partition coefficient (Wildman–Crippen LogP) is 4.86. The first-order valence-electron chi connectivity index (χ1n) is 8.76. The topological polar surface area (TPSA) is 88.9 Å². The van der Waals surface area contributed by atoms with Crippen molar-refractivity contribution in [1.82, 2.24) is 14.8 Å². The van der Waals surface area contributed by atoms with Gasteiger partial charge in [0.15, 0.2) is 10.9 Å². The third-order valence-electron chi connectivity index (χ3n) is 4.13. The third kappa shape index (κ3) is 5.01. The maximum atomic E-state index is 14.5. The molecule has 0 atom stereocenters. The van der Waals surface area contributed by atoms with Crippen molar-refractivity contribution < 1.29 is 17.2 Å². The van der Waals surface area contributed by atoms with Gasteiger partial charge >= 0.3 is 0 Å². The summed E-state index contributed by atoms with van der Waals surface area (Å²) >= 11 is 6.88. The van der Waals surface area contributed by atoms with Crippen LogP contribution in [0.3, 0.4) is 0 Å². The van der Waals surface area contributed by atoms with E-state index in [0.717, 1.165) is 23.0 Å². The number of halogens is 3. The van der Waals surface area contributed by atoms with Crippen LogP contribution in [0.1, 0.15) is 5.56 Å². The van der Waals surface area contributed by atoms with Gasteiger partial charge in [-0.25, -0.2) is 22.2 Å². The number of hydrogen-bond acceptors (Lipinski definition) is 6. The van der Waals surface area contributed by atoms with Gasteiger partial charge in [-0.05, 0) is 23.8 Å². The molecule has 0 spiro atoms. The number of hydrogen-bond donors (Lipinski definition) is 2. The lowest BCUT2D eigenvalue weighted by Gasteiger charge is -2.10. The van der Waals surface area contributed by atoms with Crippen LogP contribution in [-0.4, -0.2) is 23.2 Å². The molecule has 0 saturated carbocycles. The van der Waals surface area contributed by atoms with Crippen molar-refractivity contribution in [3.8, 4) is 0 Å². The molecule has 0 radical (unpaired) electrons. The quantitative estimate of drug-likeness (QED) is 0.393. The number of benzene rings is 2. The summed E-state index contributed by atoms with van der Waals surface area (Å²) in [5.74, 6) is -1.80. The minimum atomic E-state index is -4.33. The maximum Gasteiger partial charge on any atom is 0.266 e. The summed E-state index contributed by atoms with van der Waals surface area (Å²) in [6, 6.07) is 10.2. The summed E-state index contributed by atoms with van der Waals surface area (Å²) in [5.41, 5.74) is 0.709. The normalized spacial score (nSPS) is 11.5. The van der Waals surface area contributed by atoms with Gasteiger partial charge in [0.2, 0.25) is 0 Å². The third-order valence-corrected chi connectivity index (χ3v) is 6.55. The van der Waals surface area contributed by atoms with Crippen molar-refractivity contribution >= 4 is 49.6 Å². The lowest BCUT2D eigenvalue weighted by Crippen LogP contribution is -2.15. The van der Waals surface area contributed by atoms with Crippen molar-refractivity contribution in [3.05, 3.63) is 82.5 Å². The van der Waals surface area contributed by atoms with E-state index in [0.29, 0.717) is 17.6 Å². The molecule has 2 heterocycles. The average Bonchev–Trinajstić information content (AvgIpc) is 3.38. The first-order chi connectivity index (χ1) is 14.8. The smallest absolute Gasteiger partial charge is 0.266 e. The molecule has 2 aromatic carbocycles. The lowest BCUT2D eigenvalue weighted by atomic mass is 10.2. The van der Waals surface area contributed by atoms with Crippen molar-refractivity contribution in [1.29, 1.82) is 0 Å². The van der Waals surface area contributed by atoms with Gasteiger partial charge in [-0.15, -0.1) is 11.3 Å². The van der Waals surface area contributed by atoms with Crippen molar-refractivity contribution in [3.63, 3.8) is 0 Å². The van der Waals surface area contributed by atoms with E-state index in [9.17, 15) is 17.2 Å². The summed E-state index contributed by atoms with van der Waals surface area (Å²) in [6.07, 6.45) is 3.06. The van der Waals surface area contributed by atoms with E-state index in [-0.39, 0.29) is 16.6 Å². The number of thiazole rings is 1. The summed E-state index contributed by atoms with van der Waals surface area (Å²) < 4.78 is 57.4. The second-order valence-corrected chi connectivity index (χ2v) is 9.34. The van der Waals surface area contributed by atoms with Gasteiger partial charge in [-0.1, -0.05) is 23.7 Å². The van der Waals surface area contributed by atoms with E-state index in [2.05, 4.69) is 20.1 Å². The summed E-state index contributed by atoms with van der Waals surface area (Å²) in [6.45, 7) is 0.454. The van der Waals surface area contributed by atoms with Crippen LogP contribution in [0.5, 0.6) is 0 Å². The Hall–Kier alpha value is -3.02. The minimum absolute atomic E-state index is 0.0493. The zero-order chi connectivity index (χ0) is 22.0. The molecule has 0 aliphatic heterocycles. The summed E-state index contributed by atoms with van der Waals surface area (Å²) in [4.78, 5) is 2.95. The molecule has 0 aliphatic carbocycles. The maximum absolute atomic E-state index is 14.5. The molecule has 0 bridgehead atoms. The fourth-order valence-electron chi connectivity index (χ4n) is 2.71. The Morgan fingerprint density at radius 1 is 1.10 bits per heavy atom. The van der Waals surface area contributed by atoms with Gasteiger partial charge in [0, 0.05) is 34.9 Å². The van der Waals surface area contributed by atoms with Gasteiger partial charge in [0.1, 0.15) is 16.5 Å². The second kappa shape index (κ2) is 8.61. The minimum Gasteiger partial charge on any atom is -0.336 e. The van der Waals surface area contributed by atoms with Gasteiger partial charge in [0.25, 0.3) is 10.0 Å². The molecule has 0 saturated heterocycles. The van der Waals surface area contributed by atoms with E-state index in [1.54, 1.807) is 34.5 Å². The molecule has 0 unspecified atom stereocenters. The Kier molecular flexibility index (Phi) is 5.90. The van der Waals surface area contributed by atoms with E-state index < -0.39 is 26.6 Å². The number of nitrogens with zero attached hydrogens (tertiary/aromatic N) is 3. The average molecular weight is 482 g/mol. The molecule has 4 rings (SSSR count). The van der Waals surface area contributed by atoms with Crippen LogP contribution in [0.2, 0.25) is 5.02 Å². The summed E-state index contributed by atoms with van der Waals surface area (Å²) in [7, 11) is -4.33. The van der Waals surface area contributed by atoms with Crippen molar-refractivity contribution in [2.24, 2.45) is 0 Å². The van der Waals surface area contributed by atoms with Crippen LogP contribution < -0.4 is 10.0 Å². The number of nitrogens with one attached hydrogen (secondary N) is 2. The number of anilines is 3. The highest BCUT2D eigenvalue weighted by molar-refractivity contribution is 7.93. The Bertz CT molecular complexity index is 1310. The van der Waals surface area contributed by atoms with E-state index in [1.165, 1.54) is 6.20 Å². The van der Waals surface area contributed by atoms with E-state index in [1.807, 2.05) is 12.1 Å². The molecule has 2 N–H and O–H groups in total. The standard InChI is InChI=1S/C19H14ClF2N5O2S2/c20-13-3-1-12(2-4-13)11-27-7-5-18(25-27)24-16-9-15(22)17(10-14(16)21)31(28,29)26-19-23-6-8-30-19/h1-10H,11H2,(H,23,26)(H,24,25). The Morgan fingerprint density at radius 3 is 2.58 bits per heavy atom. The van der Waals surface area contributed by atoms with Crippen LogP contribution in [0.4, 0.5) is 25.4 Å². The fraction of sp³-hybridized carbons (Fsp3) is 0.0526. The number of rotatable bonds is 7. The van der Waals surface area contributed by atoms with E-state index in [4.69, 9.17) is 11.6 Å². The zero-order valence-corrected chi connectivity index (χ0v) is 18.0. The molecule has 2 aromatic heterocycles. The number of aromatic nitrogens is 3. The first kappa shape index (κ1) is 21.2. The molecule has 0 amide bonds. The molecule has 4 aromatic rings. The molecule has 12 heteroatoms. The van der Waals surface area contributed by atoms with Crippen LogP contribution >= 0.6 is 22.9 Å². The van der Waals surface area contributed by atoms with Crippen LogP contribution in [0, 0.1) is 11.6 Å². The van der Waals surface area contributed by atoms with Crippen molar-refractivity contribution in [2.45, 2.75) is 11.4 Å². The van der Waals surface area contributed by atoms with Gasteiger partial charge < -0.3 is 5.32 Å². The van der Waals surface area contributed by atoms with Gasteiger partial charge in [-0.2, -0.15) is 5.10 Å². The zero-order valence-electron chi connectivity index (χ0n) is 15.6. The molecule has 31 heavy (non-hydrogen) atoms. The molecular weight excluding hydrogens is 468 g/mol. The Morgan fingerprint density at radius 2 is 1.87 bits per heavy atom.